The van der Waals surface area contributed by atoms with Crippen molar-refractivity contribution in [3.63, 3.8) is 0 Å². The van der Waals surface area contributed by atoms with E-state index in [2.05, 4.69) is 21.9 Å². The molecule has 1 amide bonds. The standard InChI is InChI=1S/C16H13F2N3O2S/c1-2-5-24-16-20-14-13(15(23)21-16)10(7-12(22)19-14)9-6-8(17)3-4-11(9)18/h2-4,6,10H,1,5,7H2,(H2,19,20,21,22,23)/t10-/m1/s1. The molecule has 24 heavy (non-hydrogen) atoms. The Morgan fingerprint density at radius 3 is 2.92 bits per heavy atom. The molecule has 1 aliphatic rings. The highest BCUT2D eigenvalue weighted by Gasteiger charge is 2.32. The summed E-state index contributed by atoms with van der Waals surface area (Å²) in [6.45, 7) is 3.58. The molecule has 0 bridgehead atoms. The molecule has 0 radical (unpaired) electrons. The van der Waals surface area contributed by atoms with Crippen molar-refractivity contribution in [3.8, 4) is 0 Å². The molecule has 1 aromatic carbocycles. The predicted octanol–water partition coefficient (Wildman–Crippen LogP) is 2.80. The average molecular weight is 349 g/mol. The first-order valence-corrected chi connectivity index (χ1v) is 8.11. The van der Waals surface area contributed by atoms with Gasteiger partial charge in [-0.2, -0.15) is 0 Å². The zero-order valence-electron chi connectivity index (χ0n) is 12.4. The number of halogens is 2. The number of carbonyl (C=O) groups is 1. The van der Waals surface area contributed by atoms with E-state index in [0.29, 0.717) is 10.9 Å². The highest BCUT2D eigenvalue weighted by molar-refractivity contribution is 7.99. The smallest absolute Gasteiger partial charge is 0.257 e. The van der Waals surface area contributed by atoms with Crippen molar-refractivity contribution < 1.29 is 13.6 Å². The van der Waals surface area contributed by atoms with Crippen LogP contribution in [-0.2, 0) is 4.79 Å². The summed E-state index contributed by atoms with van der Waals surface area (Å²) in [6.07, 6.45) is 1.49. The third kappa shape index (κ3) is 3.09. The quantitative estimate of drug-likeness (QED) is 0.506. The van der Waals surface area contributed by atoms with Crippen LogP contribution in [0.25, 0.3) is 0 Å². The van der Waals surface area contributed by atoms with Crippen molar-refractivity contribution in [2.75, 3.05) is 11.1 Å². The van der Waals surface area contributed by atoms with E-state index < -0.39 is 29.0 Å². The van der Waals surface area contributed by atoms with E-state index in [0.717, 1.165) is 18.2 Å². The van der Waals surface area contributed by atoms with Crippen molar-refractivity contribution in [2.24, 2.45) is 0 Å². The summed E-state index contributed by atoms with van der Waals surface area (Å²) >= 11 is 1.24. The van der Waals surface area contributed by atoms with E-state index in [9.17, 15) is 18.4 Å². The fraction of sp³-hybridized carbons (Fsp3) is 0.188. The van der Waals surface area contributed by atoms with E-state index in [4.69, 9.17) is 0 Å². The van der Waals surface area contributed by atoms with Crippen molar-refractivity contribution in [1.82, 2.24) is 9.97 Å². The van der Waals surface area contributed by atoms with Crippen LogP contribution < -0.4 is 10.9 Å². The number of aromatic amines is 1. The summed E-state index contributed by atoms with van der Waals surface area (Å²) in [7, 11) is 0. The van der Waals surface area contributed by atoms with Crippen LogP contribution in [0.3, 0.4) is 0 Å². The van der Waals surface area contributed by atoms with Crippen LogP contribution in [0, 0.1) is 11.6 Å². The average Bonchev–Trinajstić information content (AvgIpc) is 2.54. The van der Waals surface area contributed by atoms with E-state index in [-0.39, 0.29) is 23.4 Å². The summed E-state index contributed by atoms with van der Waals surface area (Å²) in [6, 6.07) is 2.97. The number of aromatic nitrogens is 2. The zero-order chi connectivity index (χ0) is 17.3. The first kappa shape index (κ1) is 16.4. The second-order valence-corrected chi connectivity index (χ2v) is 6.21. The van der Waals surface area contributed by atoms with Gasteiger partial charge in [-0.15, -0.1) is 6.58 Å². The number of hydrogen-bond donors (Lipinski definition) is 2. The molecule has 1 aliphatic heterocycles. The van der Waals surface area contributed by atoms with Gasteiger partial charge in [0.05, 0.1) is 5.56 Å². The molecular formula is C16H13F2N3O2S. The Morgan fingerprint density at radius 1 is 1.38 bits per heavy atom. The molecule has 0 fully saturated rings. The molecule has 2 aromatic rings. The lowest BCUT2D eigenvalue weighted by Crippen LogP contribution is -2.31. The fourth-order valence-electron chi connectivity index (χ4n) is 2.60. The molecule has 124 valence electrons. The van der Waals surface area contributed by atoms with Crippen molar-refractivity contribution >= 4 is 23.5 Å². The monoisotopic (exact) mass is 349 g/mol. The Hall–Kier alpha value is -2.48. The van der Waals surface area contributed by atoms with Crippen LogP contribution in [0.15, 0.2) is 40.8 Å². The first-order valence-electron chi connectivity index (χ1n) is 7.12. The van der Waals surface area contributed by atoms with Crippen LogP contribution in [0.5, 0.6) is 0 Å². The first-order chi connectivity index (χ1) is 11.5. The van der Waals surface area contributed by atoms with Crippen molar-refractivity contribution in [2.45, 2.75) is 17.5 Å². The Labute approximate surface area is 140 Å². The van der Waals surface area contributed by atoms with Crippen LogP contribution in [0.1, 0.15) is 23.5 Å². The molecule has 2 heterocycles. The van der Waals surface area contributed by atoms with Crippen molar-refractivity contribution in [1.29, 1.82) is 0 Å². The predicted molar refractivity (Wildman–Crippen MR) is 87.2 cm³/mol. The third-order valence-electron chi connectivity index (χ3n) is 3.60. The Balaban J connectivity index is 2.13. The number of H-pyrrole nitrogens is 1. The molecule has 0 saturated heterocycles. The van der Waals surface area contributed by atoms with Gasteiger partial charge in [0.25, 0.3) is 5.56 Å². The number of amides is 1. The minimum Gasteiger partial charge on any atom is -0.310 e. The second-order valence-electron chi connectivity index (χ2n) is 5.20. The Kier molecular flexibility index (Phi) is 4.48. The SMILES string of the molecule is C=CCSc1nc2c(c(=O)[nH]1)[C@@H](c1cc(F)ccc1F)CC(=O)N2. The summed E-state index contributed by atoms with van der Waals surface area (Å²) in [5, 5.41) is 2.84. The number of nitrogens with one attached hydrogen (secondary N) is 2. The normalized spacial score (nSPS) is 16.4. The van der Waals surface area contributed by atoms with Gasteiger partial charge >= 0.3 is 0 Å². The minimum absolute atomic E-state index is 0.0371. The molecule has 5 nitrogen and oxygen atoms in total. The molecule has 1 aromatic heterocycles. The number of rotatable bonds is 4. The lowest BCUT2D eigenvalue weighted by molar-refractivity contribution is -0.116. The largest absolute Gasteiger partial charge is 0.310 e. The third-order valence-corrected chi connectivity index (χ3v) is 4.47. The van der Waals surface area contributed by atoms with Gasteiger partial charge in [-0.1, -0.05) is 17.8 Å². The lowest BCUT2D eigenvalue weighted by Gasteiger charge is -2.24. The molecule has 1 atom stereocenters. The van der Waals surface area contributed by atoms with Gasteiger partial charge in [-0.25, -0.2) is 13.8 Å². The van der Waals surface area contributed by atoms with E-state index in [1.807, 2.05) is 0 Å². The molecule has 8 heteroatoms. The van der Waals surface area contributed by atoms with Gasteiger partial charge in [0, 0.05) is 18.1 Å². The van der Waals surface area contributed by atoms with Gasteiger partial charge in [0.15, 0.2) is 5.16 Å². The summed E-state index contributed by atoms with van der Waals surface area (Å²) in [5.41, 5.74) is -0.396. The summed E-state index contributed by atoms with van der Waals surface area (Å²) < 4.78 is 27.6. The molecule has 0 spiro atoms. The maximum Gasteiger partial charge on any atom is 0.257 e. The molecule has 0 unspecified atom stereocenters. The van der Waals surface area contributed by atoms with Gasteiger partial charge in [-0.05, 0) is 23.8 Å². The van der Waals surface area contributed by atoms with Gasteiger partial charge in [0.2, 0.25) is 5.91 Å². The lowest BCUT2D eigenvalue weighted by atomic mass is 9.86. The van der Waals surface area contributed by atoms with E-state index >= 15 is 0 Å². The van der Waals surface area contributed by atoms with Crippen LogP contribution in [-0.4, -0.2) is 21.6 Å². The maximum atomic E-state index is 14.1. The topological polar surface area (TPSA) is 74.8 Å². The van der Waals surface area contributed by atoms with Crippen LogP contribution in [0.4, 0.5) is 14.6 Å². The molecule has 3 rings (SSSR count). The molecule has 0 aliphatic carbocycles. The van der Waals surface area contributed by atoms with Crippen molar-refractivity contribution in [3.05, 3.63) is 64.0 Å². The van der Waals surface area contributed by atoms with Gasteiger partial charge in [0.1, 0.15) is 17.5 Å². The van der Waals surface area contributed by atoms with Gasteiger partial charge < -0.3 is 10.3 Å². The number of thioether (sulfide) groups is 1. The van der Waals surface area contributed by atoms with E-state index in [1.54, 1.807) is 6.08 Å². The number of carbonyl (C=O) groups excluding carboxylic acids is 1. The van der Waals surface area contributed by atoms with E-state index in [1.165, 1.54) is 11.8 Å². The molecular weight excluding hydrogens is 336 g/mol. The fourth-order valence-corrected chi connectivity index (χ4v) is 3.20. The summed E-state index contributed by atoms with van der Waals surface area (Å²) in [4.78, 5) is 31.2. The highest BCUT2D eigenvalue weighted by Crippen LogP contribution is 2.35. The number of fused-ring (bicyclic) bond motifs is 1. The summed E-state index contributed by atoms with van der Waals surface area (Å²) in [5.74, 6) is -2.01. The highest BCUT2D eigenvalue weighted by atomic mass is 32.2. The van der Waals surface area contributed by atoms with Gasteiger partial charge in [-0.3, -0.25) is 9.59 Å². The number of benzene rings is 1. The molecule has 2 N–H and O–H groups in total. The minimum atomic E-state index is -0.890. The molecule has 0 saturated carbocycles. The Bertz CT molecular complexity index is 882. The number of hydrogen-bond acceptors (Lipinski definition) is 4. The second kappa shape index (κ2) is 6.56. The number of anilines is 1. The maximum absolute atomic E-state index is 14.1. The van der Waals surface area contributed by atoms with Crippen LogP contribution >= 0.6 is 11.8 Å². The van der Waals surface area contributed by atoms with Crippen LogP contribution in [0.2, 0.25) is 0 Å². The zero-order valence-corrected chi connectivity index (χ0v) is 13.3. The number of nitrogens with zero attached hydrogens (tertiary/aromatic N) is 1. The Morgan fingerprint density at radius 2 is 2.17 bits per heavy atom.